The van der Waals surface area contributed by atoms with E-state index in [0.717, 1.165) is 37.5 Å². The van der Waals surface area contributed by atoms with Gasteiger partial charge in [-0.15, -0.1) is 24.0 Å². The Labute approximate surface area is 150 Å². The van der Waals surface area contributed by atoms with Crippen molar-refractivity contribution < 1.29 is 9.47 Å². The van der Waals surface area contributed by atoms with Gasteiger partial charge in [0.15, 0.2) is 5.96 Å². The number of nitrogens with zero attached hydrogens (tertiary/aromatic N) is 1. The fourth-order valence-corrected chi connectivity index (χ4v) is 2.00. The molecule has 6 heteroatoms. The van der Waals surface area contributed by atoms with E-state index in [9.17, 15) is 0 Å². The molecule has 0 saturated carbocycles. The second-order valence-corrected chi connectivity index (χ2v) is 4.85. The Bertz CT molecular complexity index is 441. The maximum Gasteiger partial charge on any atom is 0.188 e. The lowest BCUT2D eigenvalue weighted by Gasteiger charge is -2.14. The number of methoxy groups -OCH3 is 1. The lowest BCUT2D eigenvalue weighted by Crippen LogP contribution is -2.33. The predicted molar refractivity (Wildman–Crippen MR) is 102 cm³/mol. The highest BCUT2D eigenvalue weighted by Crippen LogP contribution is 2.26. The highest BCUT2D eigenvalue weighted by molar-refractivity contribution is 14.0. The first kappa shape index (κ1) is 21.0. The van der Waals surface area contributed by atoms with Gasteiger partial charge in [-0.25, -0.2) is 0 Å². The molecule has 0 radical (unpaired) electrons. The number of halogens is 1. The van der Waals surface area contributed by atoms with Crippen molar-refractivity contribution in [3.8, 4) is 5.75 Å². The zero-order chi connectivity index (χ0) is 15.5. The van der Waals surface area contributed by atoms with Crippen LogP contribution in [0.4, 0.5) is 0 Å². The Morgan fingerprint density at radius 1 is 1.36 bits per heavy atom. The van der Waals surface area contributed by atoms with E-state index in [-0.39, 0.29) is 29.9 Å². The fourth-order valence-electron chi connectivity index (χ4n) is 2.00. The van der Waals surface area contributed by atoms with E-state index in [4.69, 9.17) is 15.2 Å². The van der Waals surface area contributed by atoms with Gasteiger partial charge in [-0.3, -0.25) is 4.99 Å². The van der Waals surface area contributed by atoms with E-state index >= 15 is 0 Å². The van der Waals surface area contributed by atoms with Crippen LogP contribution >= 0.6 is 24.0 Å². The van der Waals surface area contributed by atoms with Gasteiger partial charge in [-0.05, 0) is 25.0 Å². The van der Waals surface area contributed by atoms with Crippen LogP contribution in [0.2, 0.25) is 0 Å². The minimum Gasteiger partial charge on any atom is -0.496 e. The standard InChI is InChI=1S/C16H27N3O2.HI/c1-4-21-11-7-10-18-16(17)19-12-13(2)14-8-5-6-9-15(14)20-3;/h5-6,8-9,13H,4,7,10-12H2,1-3H3,(H3,17,18,19);1H. The maximum atomic E-state index is 5.85. The molecule has 0 aliphatic heterocycles. The monoisotopic (exact) mass is 421 g/mol. The van der Waals surface area contributed by atoms with Crippen molar-refractivity contribution in [3.63, 3.8) is 0 Å². The van der Waals surface area contributed by atoms with Crippen LogP contribution in [0.1, 0.15) is 31.7 Å². The summed E-state index contributed by atoms with van der Waals surface area (Å²) >= 11 is 0. The molecule has 1 aromatic carbocycles. The minimum absolute atomic E-state index is 0. The van der Waals surface area contributed by atoms with Gasteiger partial charge in [0.25, 0.3) is 0 Å². The van der Waals surface area contributed by atoms with Gasteiger partial charge in [0.2, 0.25) is 0 Å². The highest BCUT2D eigenvalue weighted by Gasteiger charge is 2.10. The average Bonchev–Trinajstić information content (AvgIpc) is 2.52. The van der Waals surface area contributed by atoms with Crippen molar-refractivity contribution in [1.29, 1.82) is 0 Å². The molecule has 1 atom stereocenters. The Balaban J connectivity index is 0.00000441. The summed E-state index contributed by atoms with van der Waals surface area (Å²) in [4.78, 5) is 4.38. The summed E-state index contributed by atoms with van der Waals surface area (Å²) in [7, 11) is 1.68. The molecular weight excluding hydrogens is 393 g/mol. The fraction of sp³-hybridized carbons (Fsp3) is 0.562. The van der Waals surface area contributed by atoms with Gasteiger partial charge < -0.3 is 20.5 Å². The molecule has 3 N–H and O–H groups in total. The molecule has 0 saturated heterocycles. The summed E-state index contributed by atoms with van der Waals surface area (Å²) in [6.45, 7) is 7.00. The number of para-hydroxylation sites is 1. The summed E-state index contributed by atoms with van der Waals surface area (Å²) in [5.41, 5.74) is 7.00. The Morgan fingerprint density at radius 3 is 2.77 bits per heavy atom. The van der Waals surface area contributed by atoms with Crippen LogP contribution in [-0.2, 0) is 4.74 Å². The van der Waals surface area contributed by atoms with Crippen molar-refractivity contribution in [1.82, 2.24) is 5.32 Å². The van der Waals surface area contributed by atoms with Crippen molar-refractivity contribution in [2.45, 2.75) is 26.2 Å². The van der Waals surface area contributed by atoms with E-state index in [1.165, 1.54) is 0 Å². The van der Waals surface area contributed by atoms with Gasteiger partial charge in [0.1, 0.15) is 5.75 Å². The first-order chi connectivity index (χ1) is 10.2. The third-order valence-electron chi connectivity index (χ3n) is 3.18. The van der Waals surface area contributed by atoms with Gasteiger partial charge in [-0.1, -0.05) is 25.1 Å². The van der Waals surface area contributed by atoms with Gasteiger partial charge >= 0.3 is 0 Å². The largest absolute Gasteiger partial charge is 0.496 e. The molecule has 126 valence electrons. The minimum atomic E-state index is 0. The molecular formula is C16H28IN3O2. The highest BCUT2D eigenvalue weighted by atomic mass is 127. The molecule has 0 aliphatic rings. The van der Waals surface area contributed by atoms with Gasteiger partial charge in [0.05, 0.1) is 7.11 Å². The quantitative estimate of drug-likeness (QED) is 0.279. The lowest BCUT2D eigenvalue weighted by atomic mass is 10.0. The SMILES string of the molecule is CCOCCCNC(N)=NCC(C)c1ccccc1OC.I. The second-order valence-electron chi connectivity index (χ2n) is 4.85. The number of rotatable bonds is 9. The third-order valence-corrected chi connectivity index (χ3v) is 3.18. The molecule has 0 fully saturated rings. The van der Waals surface area contributed by atoms with E-state index in [0.29, 0.717) is 12.5 Å². The molecule has 1 aromatic rings. The van der Waals surface area contributed by atoms with Crippen molar-refractivity contribution in [2.24, 2.45) is 10.7 Å². The number of aliphatic imine (C=N–C) groups is 1. The Hall–Kier alpha value is -1.02. The normalized spacial score (nSPS) is 12.4. The number of hydrogen-bond donors (Lipinski definition) is 2. The summed E-state index contributed by atoms with van der Waals surface area (Å²) < 4.78 is 10.6. The summed E-state index contributed by atoms with van der Waals surface area (Å²) in [5.74, 6) is 1.63. The molecule has 0 bridgehead atoms. The van der Waals surface area contributed by atoms with Crippen LogP contribution in [0.25, 0.3) is 0 Å². The topological polar surface area (TPSA) is 68.9 Å². The number of nitrogens with one attached hydrogen (secondary N) is 1. The number of guanidine groups is 1. The Kier molecular flexibility index (Phi) is 11.9. The average molecular weight is 421 g/mol. The van der Waals surface area contributed by atoms with Crippen LogP contribution in [0.3, 0.4) is 0 Å². The molecule has 1 unspecified atom stereocenters. The lowest BCUT2D eigenvalue weighted by molar-refractivity contribution is 0.145. The van der Waals surface area contributed by atoms with Crippen molar-refractivity contribution in [3.05, 3.63) is 29.8 Å². The zero-order valence-electron chi connectivity index (χ0n) is 13.7. The first-order valence-electron chi connectivity index (χ1n) is 7.43. The van der Waals surface area contributed by atoms with Crippen LogP contribution in [-0.4, -0.2) is 39.4 Å². The maximum absolute atomic E-state index is 5.85. The van der Waals surface area contributed by atoms with Crippen LogP contribution in [0.5, 0.6) is 5.75 Å². The van der Waals surface area contributed by atoms with Crippen LogP contribution in [0.15, 0.2) is 29.3 Å². The van der Waals surface area contributed by atoms with Crippen LogP contribution in [0, 0.1) is 0 Å². The summed E-state index contributed by atoms with van der Waals surface area (Å²) in [6, 6.07) is 8.00. The Morgan fingerprint density at radius 2 is 2.09 bits per heavy atom. The summed E-state index contributed by atoms with van der Waals surface area (Å²) in [6.07, 6.45) is 0.923. The second kappa shape index (κ2) is 12.5. The number of nitrogens with two attached hydrogens (primary N) is 1. The summed E-state index contributed by atoms with van der Waals surface area (Å²) in [5, 5.41) is 3.09. The molecule has 0 aliphatic carbocycles. The van der Waals surface area contributed by atoms with Crippen molar-refractivity contribution in [2.75, 3.05) is 33.4 Å². The van der Waals surface area contributed by atoms with Crippen molar-refractivity contribution >= 4 is 29.9 Å². The molecule has 0 amide bonds. The third kappa shape index (κ3) is 7.84. The van der Waals surface area contributed by atoms with E-state index in [1.54, 1.807) is 7.11 Å². The van der Waals surface area contributed by atoms with E-state index < -0.39 is 0 Å². The molecule has 0 heterocycles. The number of hydrogen-bond acceptors (Lipinski definition) is 3. The smallest absolute Gasteiger partial charge is 0.188 e. The first-order valence-corrected chi connectivity index (χ1v) is 7.43. The number of ether oxygens (including phenoxy) is 2. The van der Waals surface area contributed by atoms with Gasteiger partial charge in [0, 0.05) is 32.2 Å². The molecule has 0 spiro atoms. The molecule has 1 rings (SSSR count). The van der Waals surface area contributed by atoms with E-state index in [1.807, 2.05) is 25.1 Å². The molecule has 22 heavy (non-hydrogen) atoms. The molecule has 0 aromatic heterocycles. The molecule has 5 nitrogen and oxygen atoms in total. The zero-order valence-corrected chi connectivity index (χ0v) is 16.0. The van der Waals surface area contributed by atoms with E-state index in [2.05, 4.69) is 23.3 Å². The number of benzene rings is 1. The van der Waals surface area contributed by atoms with Crippen LogP contribution < -0.4 is 15.8 Å². The van der Waals surface area contributed by atoms with Gasteiger partial charge in [-0.2, -0.15) is 0 Å². The predicted octanol–water partition coefficient (Wildman–Crippen LogP) is 2.75.